The van der Waals surface area contributed by atoms with Crippen molar-refractivity contribution in [2.24, 2.45) is 0 Å². The van der Waals surface area contributed by atoms with Crippen molar-refractivity contribution in [1.29, 1.82) is 0 Å². The number of thioether (sulfide) groups is 2. The molecule has 0 radical (unpaired) electrons. The summed E-state index contributed by atoms with van der Waals surface area (Å²) in [5, 5.41) is 5.44. The third-order valence-corrected chi connectivity index (χ3v) is 6.83. The van der Waals surface area contributed by atoms with Crippen LogP contribution in [0.15, 0.2) is 24.3 Å². The van der Waals surface area contributed by atoms with Crippen LogP contribution in [0.25, 0.3) is 0 Å². The number of benzene rings is 1. The molecule has 2 atom stereocenters. The van der Waals surface area contributed by atoms with Crippen LogP contribution in [-0.4, -0.2) is 72.1 Å². The van der Waals surface area contributed by atoms with Crippen LogP contribution in [0, 0.1) is 0 Å². The van der Waals surface area contributed by atoms with Gasteiger partial charge in [-0.05, 0) is 56.4 Å². The lowest BCUT2D eigenvalue weighted by Gasteiger charge is -2.18. The quantitative estimate of drug-likeness (QED) is 0.629. The molecule has 0 saturated heterocycles. The van der Waals surface area contributed by atoms with Crippen molar-refractivity contribution in [3.63, 3.8) is 0 Å². The van der Waals surface area contributed by atoms with Crippen molar-refractivity contribution in [1.82, 2.24) is 10.6 Å². The molecule has 32 heavy (non-hydrogen) atoms. The van der Waals surface area contributed by atoms with Crippen molar-refractivity contribution in [2.75, 3.05) is 36.2 Å². The molecule has 1 aliphatic heterocycles. The molecule has 0 fully saturated rings. The van der Waals surface area contributed by atoms with Crippen LogP contribution in [0.4, 0.5) is 0 Å². The van der Waals surface area contributed by atoms with Gasteiger partial charge < -0.3 is 20.1 Å². The highest BCUT2D eigenvalue weighted by Gasteiger charge is 2.25. The zero-order valence-electron chi connectivity index (χ0n) is 18.4. The maximum absolute atomic E-state index is 12.8. The Morgan fingerprint density at radius 2 is 1.31 bits per heavy atom. The fourth-order valence-corrected chi connectivity index (χ4v) is 4.98. The number of fused-ring (bicyclic) bond motifs is 2. The highest BCUT2D eigenvalue weighted by Crippen LogP contribution is 2.14. The van der Waals surface area contributed by atoms with Crippen molar-refractivity contribution >= 4 is 47.3 Å². The number of hydrogen-bond donors (Lipinski definition) is 2. The number of amides is 2. The van der Waals surface area contributed by atoms with Crippen LogP contribution in [0.3, 0.4) is 0 Å². The molecule has 1 heterocycles. The summed E-state index contributed by atoms with van der Waals surface area (Å²) in [7, 11) is 0. The Kier molecular flexibility index (Phi) is 11.4. The van der Waals surface area contributed by atoms with Gasteiger partial charge in [-0.25, -0.2) is 9.59 Å². The van der Waals surface area contributed by atoms with Gasteiger partial charge in [0.15, 0.2) is 0 Å². The smallest absolute Gasteiger partial charge is 0.329 e. The summed E-state index contributed by atoms with van der Waals surface area (Å²) in [6.45, 7) is 3.89. The van der Waals surface area contributed by atoms with Gasteiger partial charge in [0.1, 0.15) is 12.1 Å². The third-order valence-electron chi connectivity index (χ3n) is 4.54. The van der Waals surface area contributed by atoms with E-state index in [0.717, 1.165) is 24.3 Å². The second kappa shape index (κ2) is 14.1. The molecule has 2 N–H and O–H groups in total. The average molecular weight is 483 g/mol. The topological polar surface area (TPSA) is 111 Å². The van der Waals surface area contributed by atoms with E-state index < -0.39 is 35.8 Å². The predicted octanol–water partition coefficient (Wildman–Crippen LogP) is 2.27. The molecule has 176 valence electrons. The van der Waals surface area contributed by atoms with Crippen molar-refractivity contribution < 1.29 is 28.7 Å². The van der Waals surface area contributed by atoms with E-state index in [0.29, 0.717) is 11.5 Å². The van der Waals surface area contributed by atoms with E-state index >= 15 is 0 Å². The molecule has 2 bridgehead atoms. The Morgan fingerprint density at radius 3 is 1.72 bits per heavy atom. The van der Waals surface area contributed by atoms with Gasteiger partial charge in [0.25, 0.3) is 11.8 Å². The van der Waals surface area contributed by atoms with Crippen molar-refractivity contribution in [3.8, 4) is 0 Å². The zero-order chi connectivity index (χ0) is 23.3. The fourth-order valence-electron chi connectivity index (χ4n) is 2.92. The van der Waals surface area contributed by atoms with E-state index in [9.17, 15) is 19.2 Å². The minimum atomic E-state index is -0.775. The second-order valence-electron chi connectivity index (χ2n) is 6.99. The minimum Gasteiger partial charge on any atom is -0.464 e. The molecule has 8 nitrogen and oxygen atoms in total. The first-order valence-corrected chi connectivity index (χ1v) is 13.0. The number of carbonyl (C=O) groups excluding carboxylic acids is 4. The van der Waals surface area contributed by atoms with Crippen LogP contribution in [0.5, 0.6) is 0 Å². The van der Waals surface area contributed by atoms with E-state index in [4.69, 9.17) is 9.47 Å². The highest BCUT2D eigenvalue weighted by atomic mass is 32.2. The molecule has 1 aliphatic rings. The fraction of sp³-hybridized carbons (Fsp3) is 0.545. The summed E-state index contributed by atoms with van der Waals surface area (Å²) in [6, 6.07) is 4.60. The van der Waals surface area contributed by atoms with Gasteiger partial charge in [0.2, 0.25) is 0 Å². The molecule has 1 aromatic carbocycles. The van der Waals surface area contributed by atoms with E-state index in [-0.39, 0.29) is 24.3 Å². The normalized spacial score (nSPS) is 20.9. The molecular formula is C22H30N2O6S2. The van der Waals surface area contributed by atoms with Gasteiger partial charge in [-0.3, -0.25) is 9.59 Å². The number of esters is 2. The average Bonchev–Trinajstić information content (AvgIpc) is 2.78. The molecule has 0 spiro atoms. The zero-order valence-corrected chi connectivity index (χ0v) is 20.0. The van der Waals surface area contributed by atoms with Crippen LogP contribution < -0.4 is 10.6 Å². The van der Waals surface area contributed by atoms with Gasteiger partial charge in [-0.2, -0.15) is 23.5 Å². The first kappa shape index (κ1) is 26.1. The summed E-state index contributed by atoms with van der Waals surface area (Å²) in [6.07, 6.45) is 1.86. The summed E-state index contributed by atoms with van der Waals surface area (Å²) in [4.78, 5) is 50.1. The van der Waals surface area contributed by atoms with Crippen molar-refractivity contribution in [3.05, 3.63) is 35.4 Å². The second-order valence-corrected chi connectivity index (χ2v) is 9.29. The molecule has 2 amide bonds. The van der Waals surface area contributed by atoms with Crippen molar-refractivity contribution in [2.45, 2.75) is 38.8 Å². The summed E-state index contributed by atoms with van der Waals surface area (Å²) >= 11 is 3.16. The number of hydrogen-bond acceptors (Lipinski definition) is 8. The summed E-state index contributed by atoms with van der Waals surface area (Å²) < 4.78 is 10.2. The van der Waals surface area contributed by atoms with E-state index in [1.165, 1.54) is 6.07 Å². The standard InChI is InChI=1S/C22H30N2O6S2/c1-3-29-21(27)17-13-31-10-5-6-11-32-14-18(22(28)30-4-2)24-20(26)16-9-7-8-15(12-16)19(25)23-17/h7-9,12,17-18H,3-6,10-11,13-14H2,1-2H3,(H,23,25)(H,24,26)/t17-,18-/m0/s1. The Labute approximate surface area is 196 Å². The molecule has 1 aromatic rings. The first-order valence-electron chi connectivity index (χ1n) is 10.7. The number of carbonyl (C=O) groups is 4. The molecule has 0 aromatic heterocycles. The Balaban J connectivity index is 2.24. The van der Waals surface area contributed by atoms with Gasteiger partial charge in [0.05, 0.1) is 13.2 Å². The van der Waals surface area contributed by atoms with Crippen LogP contribution in [-0.2, 0) is 19.1 Å². The molecule has 10 heteroatoms. The molecule has 2 rings (SSSR count). The Hall–Kier alpha value is -2.20. The molecular weight excluding hydrogens is 452 g/mol. The van der Waals surface area contributed by atoms with E-state index in [2.05, 4.69) is 10.6 Å². The van der Waals surface area contributed by atoms with Gasteiger partial charge in [-0.15, -0.1) is 0 Å². The third kappa shape index (κ3) is 8.38. The lowest BCUT2D eigenvalue weighted by Crippen LogP contribution is -2.44. The lowest BCUT2D eigenvalue weighted by atomic mass is 10.1. The van der Waals surface area contributed by atoms with Gasteiger partial charge in [0, 0.05) is 22.6 Å². The Bertz CT molecular complexity index is 743. The minimum absolute atomic E-state index is 0.227. The SMILES string of the molecule is CCOC(=O)[C@@H]1CSCCCCSC[C@@H](C(=O)OCC)NC(=O)c2cccc(c2)C(=O)N1. The predicted molar refractivity (Wildman–Crippen MR) is 126 cm³/mol. The summed E-state index contributed by atoms with van der Waals surface area (Å²) in [5.74, 6) is 0.576. The van der Waals surface area contributed by atoms with Crippen LogP contribution in [0.1, 0.15) is 47.4 Å². The van der Waals surface area contributed by atoms with Gasteiger partial charge >= 0.3 is 11.9 Å². The number of ether oxygens (including phenoxy) is 2. The maximum Gasteiger partial charge on any atom is 0.329 e. The van der Waals surface area contributed by atoms with Crippen LogP contribution in [0.2, 0.25) is 0 Å². The maximum atomic E-state index is 12.8. The molecule has 0 aliphatic carbocycles. The molecule has 0 saturated carbocycles. The molecule has 0 unspecified atom stereocenters. The Morgan fingerprint density at radius 1 is 0.875 bits per heavy atom. The largest absolute Gasteiger partial charge is 0.464 e. The lowest BCUT2D eigenvalue weighted by molar-refractivity contribution is -0.145. The summed E-state index contributed by atoms with van der Waals surface area (Å²) in [5.41, 5.74) is 0.478. The van der Waals surface area contributed by atoms with Crippen LogP contribution >= 0.6 is 23.5 Å². The highest BCUT2D eigenvalue weighted by molar-refractivity contribution is 7.99. The van der Waals surface area contributed by atoms with Gasteiger partial charge in [-0.1, -0.05) is 6.07 Å². The van der Waals surface area contributed by atoms with E-state index in [1.807, 2.05) is 0 Å². The first-order chi connectivity index (χ1) is 15.5. The monoisotopic (exact) mass is 482 g/mol. The number of rotatable bonds is 4. The number of nitrogens with one attached hydrogen (secondary N) is 2. The van der Waals surface area contributed by atoms with E-state index in [1.54, 1.807) is 55.6 Å².